The third kappa shape index (κ3) is 1.07. The Kier molecular flexibility index (Phi) is 1.40. The highest BCUT2D eigenvalue weighted by Crippen LogP contribution is 2.20. The number of nitrogens with two attached hydrogens (primary N) is 1. The third-order valence-corrected chi connectivity index (χ3v) is 1.63. The maximum absolute atomic E-state index is 5.39. The lowest BCUT2D eigenvalue weighted by atomic mass is 10.3. The molecule has 0 saturated carbocycles. The first-order valence-electron chi connectivity index (χ1n) is 3.62. The summed E-state index contributed by atoms with van der Waals surface area (Å²) in [6.45, 7) is 1.90. The molecule has 0 atom stereocenters. The van der Waals surface area contributed by atoms with Gasteiger partial charge < -0.3 is 10.3 Å². The van der Waals surface area contributed by atoms with Crippen molar-refractivity contribution in [3.8, 4) is 11.3 Å². The fourth-order valence-corrected chi connectivity index (χ4v) is 1.05. The van der Waals surface area contributed by atoms with Crippen molar-refractivity contribution in [3.63, 3.8) is 0 Å². The lowest BCUT2D eigenvalue weighted by molar-refractivity contribution is 0.548. The lowest BCUT2D eigenvalue weighted by Gasteiger charge is -1.87. The summed E-state index contributed by atoms with van der Waals surface area (Å²) in [7, 11) is 0. The maximum Gasteiger partial charge on any atom is 0.137 e. The second-order valence-electron chi connectivity index (χ2n) is 2.62. The zero-order valence-electron chi connectivity index (χ0n) is 6.69. The predicted molar refractivity (Wildman–Crippen MR) is 44.8 cm³/mol. The molecule has 4 heteroatoms. The minimum Gasteiger partial charge on any atom is -0.461 e. The molecule has 0 fully saturated rings. The molecule has 0 aliphatic heterocycles. The minimum atomic E-state index is 0.796. The van der Waals surface area contributed by atoms with Crippen molar-refractivity contribution < 1.29 is 4.42 Å². The minimum absolute atomic E-state index is 0.796. The monoisotopic (exact) mass is 163 g/mol. The molecular formula is C8H9N3O. The van der Waals surface area contributed by atoms with E-state index in [2.05, 4.69) is 5.10 Å². The molecule has 2 rings (SSSR count). The van der Waals surface area contributed by atoms with E-state index in [-0.39, 0.29) is 0 Å². The molecule has 2 heterocycles. The summed E-state index contributed by atoms with van der Waals surface area (Å²) in [5, 5.41) is 3.84. The quantitative estimate of drug-likeness (QED) is 0.642. The topological polar surface area (TPSA) is 57.0 Å². The zero-order chi connectivity index (χ0) is 8.55. The van der Waals surface area contributed by atoms with Gasteiger partial charge in [-0.2, -0.15) is 9.89 Å². The van der Waals surface area contributed by atoms with Gasteiger partial charge in [0.25, 0.3) is 0 Å². The molecule has 0 aliphatic carbocycles. The zero-order valence-corrected chi connectivity index (χ0v) is 6.69. The van der Waals surface area contributed by atoms with Gasteiger partial charge in [-0.25, -0.2) is 0 Å². The van der Waals surface area contributed by atoms with Crippen LogP contribution in [0.25, 0.3) is 11.3 Å². The van der Waals surface area contributed by atoms with Gasteiger partial charge in [-0.3, -0.25) is 0 Å². The Balaban J connectivity index is 2.43. The molecule has 2 N–H and O–H groups in total. The van der Waals surface area contributed by atoms with E-state index in [1.54, 1.807) is 12.4 Å². The number of aromatic nitrogens is 2. The van der Waals surface area contributed by atoms with Crippen LogP contribution in [0.3, 0.4) is 0 Å². The molecule has 2 aromatic heterocycles. The van der Waals surface area contributed by atoms with E-state index in [4.69, 9.17) is 10.3 Å². The van der Waals surface area contributed by atoms with E-state index < -0.39 is 0 Å². The van der Waals surface area contributed by atoms with E-state index >= 15 is 0 Å². The van der Waals surface area contributed by atoms with E-state index in [0.29, 0.717) is 0 Å². The van der Waals surface area contributed by atoms with Crippen molar-refractivity contribution in [3.05, 3.63) is 30.3 Å². The maximum atomic E-state index is 5.39. The Bertz CT molecular complexity index is 350. The second kappa shape index (κ2) is 2.41. The summed E-state index contributed by atoms with van der Waals surface area (Å²) in [5.41, 5.74) is 0.894. The van der Waals surface area contributed by atoms with Crippen LogP contribution in [0.1, 0.15) is 5.76 Å². The van der Waals surface area contributed by atoms with Gasteiger partial charge in [0.15, 0.2) is 0 Å². The number of nitrogen functional groups attached to an aromatic ring is 1. The van der Waals surface area contributed by atoms with Gasteiger partial charge in [-0.1, -0.05) is 0 Å². The van der Waals surface area contributed by atoms with Gasteiger partial charge in [0.05, 0.1) is 18.0 Å². The summed E-state index contributed by atoms with van der Waals surface area (Å²) >= 11 is 0. The number of nitrogens with zero attached hydrogens (tertiary/aromatic N) is 2. The molecule has 0 spiro atoms. The molecule has 0 saturated heterocycles. The van der Waals surface area contributed by atoms with E-state index in [1.165, 1.54) is 4.79 Å². The van der Waals surface area contributed by atoms with Gasteiger partial charge in [-0.05, 0) is 19.1 Å². The summed E-state index contributed by atoms with van der Waals surface area (Å²) in [5.74, 6) is 7.07. The molecule has 0 unspecified atom stereocenters. The summed E-state index contributed by atoms with van der Waals surface area (Å²) < 4.78 is 5.37. The van der Waals surface area contributed by atoms with E-state index in [9.17, 15) is 0 Å². The molecule has 62 valence electrons. The average Bonchev–Trinajstić information content (AvgIpc) is 2.58. The van der Waals surface area contributed by atoms with Crippen molar-refractivity contribution in [2.24, 2.45) is 0 Å². The van der Waals surface area contributed by atoms with Crippen molar-refractivity contribution in [1.82, 2.24) is 9.89 Å². The van der Waals surface area contributed by atoms with Crippen LogP contribution in [0.4, 0.5) is 0 Å². The fourth-order valence-electron chi connectivity index (χ4n) is 1.05. The van der Waals surface area contributed by atoms with Gasteiger partial charge in [0, 0.05) is 0 Å². The largest absolute Gasteiger partial charge is 0.461 e. The predicted octanol–water partition coefficient (Wildman–Crippen LogP) is 1.17. The van der Waals surface area contributed by atoms with Crippen LogP contribution in [0, 0.1) is 6.92 Å². The number of hydrogen-bond donors (Lipinski definition) is 1. The summed E-state index contributed by atoms with van der Waals surface area (Å²) in [6.07, 6.45) is 3.37. The molecule has 0 radical (unpaired) electrons. The Labute approximate surface area is 69.6 Å². The second-order valence-corrected chi connectivity index (χ2v) is 2.62. The standard InChI is InChI=1S/C8H9N3O/c1-6-2-3-8(12-6)7-4-10-11(9)5-7/h2-5H,9H2,1H3. The summed E-state index contributed by atoms with van der Waals surface area (Å²) in [6, 6.07) is 3.80. The number of hydrogen-bond acceptors (Lipinski definition) is 3. The Morgan fingerprint density at radius 3 is 2.83 bits per heavy atom. The van der Waals surface area contributed by atoms with E-state index in [1.807, 2.05) is 19.1 Å². The van der Waals surface area contributed by atoms with Crippen LogP contribution in [0.15, 0.2) is 28.9 Å². The van der Waals surface area contributed by atoms with Crippen molar-refractivity contribution in [1.29, 1.82) is 0 Å². The van der Waals surface area contributed by atoms with Gasteiger partial charge >= 0.3 is 0 Å². The highest BCUT2D eigenvalue weighted by Gasteiger charge is 2.03. The molecule has 0 aromatic carbocycles. The first kappa shape index (κ1) is 6.97. The third-order valence-electron chi connectivity index (χ3n) is 1.63. The van der Waals surface area contributed by atoms with Crippen molar-refractivity contribution in [2.75, 3.05) is 5.84 Å². The first-order chi connectivity index (χ1) is 5.75. The number of aryl methyl sites for hydroxylation is 1. The van der Waals surface area contributed by atoms with Gasteiger partial charge in [-0.15, -0.1) is 0 Å². The average molecular weight is 163 g/mol. The number of furan rings is 1. The molecule has 0 aliphatic rings. The fraction of sp³-hybridized carbons (Fsp3) is 0.125. The molecule has 2 aromatic rings. The molecule has 4 nitrogen and oxygen atoms in total. The van der Waals surface area contributed by atoms with Crippen molar-refractivity contribution in [2.45, 2.75) is 6.92 Å². The Hall–Kier alpha value is -1.71. The highest BCUT2D eigenvalue weighted by atomic mass is 16.3. The van der Waals surface area contributed by atoms with E-state index in [0.717, 1.165) is 17.1 Å². The van der Waals surface area contributed by atoms with Gasteiger partial charge in [0.2, 0.25) is 0 Å². The van der Waals surface area contributed by atoms with Crippen LogP contribution in [-0.4, -0.2) is 9.89 Å². The SMILES string of the molecule is Cc1ccc(-c2cnn(N)c2)o1. The smallest absolute Gasteiger partial charge is 0.137 e. The Morgan fingerprint density at radius 1 is 1.50 bits per heavy atom. The van der Waals surface area contributed by atoms with Crippen LogP contribution in [-0.2, 0) is 0 Å². The van der Waals surface area contributed by atoms with Crippen molar-refractivity contribution >= 4 is 0 Å². The van der Waals surface area contributed by atoms with Crippen LogP contribution >= 0.6 is 0 Å². The van der Waals surface area contributed by atoms with Gasteiger partial charge in [0.1, 0.15) is 11.5 Å². The molecule has 12 heavy (non-hydrogen) atoms. The summed E-state index contributed by atoms with van der Waals surface area (Å²) in [4.78, 5) is 1.26. The molecule has 0 bridgehead atoms. The highest BCUT2D eigenvalue weighted by molar-refractivity contribution is 5.54. The first-order valence-corrected chi connectivity index (χ1v) is 3.62. The number of rotatable bonds is 1. The Morgan fingerprint density at radius 2 is 2.33 bits per heavy atom. The molecule has 0 amide bonds. The normalized spacial score (nSPS) is 10.4. The molecular weight excluding hydrogens is 154 g/mol. The van der Waals surface area contributed by atoms with Crippen LogP contribution < -0.4 is 5.84 Å². The lowest BCUT2D eigenvalue weighted by Crippen LogP contribution is -2.06. The van der Waals surface area contributed by atoms with Crippen LogP contribution in [0.5, 0.6) is 0 Å². The van der Waals surface area contributed by atoms with Crippen LogP contribution in [0.2, 0.25) is 0 Å².